The van der Waals surface area contributed by atoms with Gasteiger partial charge in [0.25, 0.3) is 0 Å². The van der Waals surface area contributed by atoms with Crippen molar-refractivity contribution in [3.05, 3.63) is 0 Å². The smallest absolute Gasteiger partial charge is 0.0620 e. The molecule has 9 heavy (non-hydrogen) atoms. The Balaban J connectivity index is 2.11. The highest BCUT2D eigenvalue weighted by Crippen LogP contribution is 2.03. The van der Waals surface area contributed by atoms with Crippen molar-refractivity contribution in [2.24, 2.45) is 0 Å². The highest BCUT2D eigenvalue weighted by Gasteiger charge is 2.14. The zero-order valence-corrected chi connectivity index (χ0v) is 6.18. The Morgan fingerprint density at radius 1 is 1.56 bits per heavy atom. The molecule has 0 saturated carbocycles. The molecule has 0 spiro atoms. The zero-order valence-electron chi connectivity index (χ0n) is 6.18. The molecule has 1 heterocycles. The van der Waals surface area contributed by atoms with Crippen LogP contribution < -0.4 is 5.32 Å². The summed E-state index contributed by atoms with van der Waals surface area (Å²) in [6, 6.07) is 1.21. The third kappa shape index (κ3) is 2.33. The van der Waals surface area contributed by atoms with E-state index in [2.05, 4.69) is 19.2 Å². The molecule has 0 radical (unpaired) electrons. The van der Waals surface area contributed by atoms with E-state index in [1.54, 1.807) is 0 Å². The number of ether oxygens (including phenoxy) is 1. The lowest BCUT2D eigenvalue weighted by Crippen LogP contribution is -2.34. The van der Waals surface area contributed by atoms with Crippen LogP contribution in [0, 0.1) is 0 Å². The van der Waals surface area contributed by atoms with Gasteiger partial charge in [-0.05, 0) is 6.42 Å². The lowest BCUT2D eigenvalue weighted by molar-refractivity contribution is 0.188. The van der Waals surface area contributed by atoms with Crippen molar-refractivity contribution in [1.82, 2.24) is 5.32 Å². The Labute approximate surface area is 56.6 Å². The summed E-state index contributed by atoms with van der Waals surface area (Å²) in [4.78, 5) is 0. The molecular formula is C7H15NO. The summed E-state index contributed by atoms with van der Waals surface area (Å²) < 4.78 is 5.20. The Morgan fingerprint density at radius 2 is 2.33 bits per heavy atom. The van der Waals surface area contributed by atoms with Gasteiger partial charge in [-0.2, -0.15) is 0 Å². The summed E-state index contributed by atoms with van der Waals surface area (Å²) in [5.41, 5.74) is 0. The molecule has 1 aliphatic heterocycles. The molecule has 0 aromatic rings. The van der Waals surface area contributed by atoms with E-state index in [-0.39, 0.29) is 0 Å². The maximum Gasteiger partial charge on any atom is 0.0620 e. The van der Waals surface area contributed by atoms with E-state index in [1.807, 2.05) is 0 Å². The van der Waals surface area contributed by atoms with E-state index in [9.17, 15) is 0 Å². The first-order chi connectivity index (χ1) is 4.29. The molecule has 1 rings (SSSR count). The molecular weight excluding hydrogens is 114 g/mol. The molecule has 0 amide bonds. The minimum absolute atomic E-state index is 0.594. The van der Waals surface area contributed by atoms with E-state index in [0.29, 0.717) is 12.1 Å². The molecule has 1 N–H and O–H groups in total. The second-order valence-corrected chi connectivity index (χ2v) is 2.88. The molecule has 0 aromatic heterocycles. The van der Waals surface area contributed by atoms with Gasteiger partial charge in [0, 0.05) is 18.7 Å². The van der Waals surface area contributed by atoms with Gasteiger partial charge >= 0.3 is 0 Å². The highest BCUT2D eigenvalue weighted by molar-refractivity contribution is 4.72. The van der Waals surface area contributed by atoms with Crippen LogP contribution in [0.2, 0.25) is 0 Å². The fourth-order valence-corrected chi connectivity index (χ4v) is 1.14. The van der Waals surface area contributed by atoms with Gasteiger partial charge in [-0.15, -0.1) is 0 Å². The van der Waals surface area contributed by atoms with Crippen molar-refractivity contribution in [3.63, 3.8) is 0 Å². The van der Waals surface area contributed by atoms with Gasteiger partial charge in [0.15, 0.2) is 0 Å². The molecule has 1 saturated heterocycles. The van der Waals surface area contributed by atoms with Crippen molar-refractivity contribution >= 4 is 0 Å². The van der Waals surface area contributed by atoms with Crippen molar-refractivity contribution in [2.45, 2.75) is 32.4 Å². The monoisotopic (exact) mass is 129 g/mol. The molecule has 2 heteroatoms. The van der Waals surface area contributed by atoms with Crippen LogP contribution >= 0.6 is 0 Å². The van der Waals surface area contributed by atoms with E-state index < -0.39 is 0 Å². The molecule has 1 aliphatic rings. The largest absolute Gasteiger partial charge is 0.380 e. The van der Waals surface area contributed by atoms with E-state index >= 15 is 0 Å². The fourth-order valence-electron chi connectivity index (χ4n) is 1.14. The van der Waals surface area contributed by atoms with Gasteiger partial charge < -0.3 is 10.1 Å². The average Bonchev–Trinajstić information content (AvgIpc) is 2.15. The second kappa shape index (κ2) is 3.18. The van der Waals surface area contributed by atoms with E-state index in [0.717, 1.165) is 13.2 Å². The van der Waals surface area contributed by atoms with Crippen LogP contribution in [0.25, 0.3) is 0 Å². The summed E-state index contributed by atoms with van der Waals surface area (Å²) in [5.74, 6) is 0. The predicted molar refractivity (Wildman–Crippen MR) is 37.5 cm³/mol. The van der Waals surface area contributed by atoms with E-state index in [1.165, 1.54) is 6.42 Å². The average molecular weight is 129 g/mol. The third-order valence-corrected chi connectivity index (χ3v) is 1.50. The Hall–Kier alpha value is -0.0800. The first kappa shape index (κ1) is 7.03. The highest BCUT2D eigenvalue weighted by atomic mass is 16.5. The Kier molecular flexibility index (Phi) is 2.49. The summed E-state index contributed by atoms with van der Waals surface area (Å²) in [5, 5.41) is 3.42. The summed E-state index contributed by atoms with van der Waals surface area (Å²) in [6.45, 7) is 6.17. The summed E-state index contributed by atoms with van der Waals surface area (Å²) in [7, 11) is 0. The zero-order chi connectivity index (χ0) is 6.69. The van der Waals surface area contributed by atoms with Crippen molar-refractivity contribution in [3.8, 4) is 0 Å². The normalized spacial score (nSPS) is 27.7. The topological polar surface area (TPSA) is 21.3 Å². The first-order valence-electron chi connectivity index (χ1n) is 3.63. The van der Waals surface area contributed by atoms with Crippen LogP contribution in [0.4, 0.5) is 0 Å². The van der Waals surface area contributed by atoms with Crippen LogP contribution in [0.1, 0.15) is 20.3 Å². The standard InChI is InChI=1S/C7H15NO/c1-6(2)8-7-3-4-9-5-7/h6-8H,3-5H2,1-2H3/t7-/m1/s1. The van der Waals surface area contributed by atoms with Crippen LogP contribution in [0.5, 0.6) is 0 Å². The van der Waals surface area contributed by atoms with Crippen LogP contribution in [0.15, 0.2) is 0 Å². The molecule has 0 unspecified atom stereocenters. The number of nitrogens with one attached hydrogen (secondary N) is 1. The molecule has 0 aromatic carbocycles. The maximum absolute atomic E-state index is 5.20. The van der Waals surface area contributed by atoms with Crippen molar-refractivity contribution in [1.29, 1.82) is 0 Å². The maximum atomic E-state index is 5.20. The van der Waals surface area contributed by atoms with Gasteiger partial charge in [-0.3, -0.25) is 0 Å². The fraction of sp³-hybridized carbons (Fsp3) is 1.00. The van der Waals surface area contributed by atoms with E-state index in [4.69, 9.17) is 4.74 Å². The minimum Gasteiger partial charge on any atom is -0.380 e. The van der Waals surface area contributed by atoms with Crippen LogP contribution in [0.3, 0.4) is 0 Å². The van der Waals surface area contributed by atoms with Gasteiger partial charge in [0.2, 0.25) is 0 Å². The summed E-state index contributed by atoms with van der Waals surface area (Å²) in [6.07, 6.45) is 1.18. The molecule has 1 atom stereocenters. The second-order valence-electron chi connectivity index (χ2n) is 2.88. The van der Waals surface area contributed by atoms with Crippen molar-refractivity contribution < 1.29 is 4.74 Å². The molecule has 54 valence electrons. The number of hydrogen-bond donors (Lipinski definition) is 1. The van der Waals surface area contributed by atoms with Crippen LogP contribution in [-0.4, -0.2) is 25.3 Å². The lowest BCUT2D eigenvalue weighted by Gasteiger charge is -2.12. The van der Waals surface area contributed by atoms with Crippen molar-refractivity contribution in [2.75, 3.05) is 13.2 Å². The van der Waals surface area contributed by atoms with Gasteiger partial charge in [0.1, 0.15) is 0 Å². The Bertz CT molecular complexity index is 77.0. The van der Waals surface area contributed by atoms with Gasteiger partial charge in [-0.1, -0.05) is 13.8 Å². The molecule has 1 fully saturated rings. The molecule has 2 nitrogen and oxygen atoms in total. The Morgan fingerprint density at radius 3 is 2.78 bits per heavy atom. The quantitative estimate of drug-likeness (QED) is 0.594. The molecule has 0 bridgehead atoms. The lowest BCUT2D eigenvalue weighted by atomic mass is 10.2. The van der Waals surface area contributed by atoms with Crippen LogP contribution in [-0.2, 0) is 4.74 Å². The first-order valence-corrected chi connectivity index (χ1v) is 3.63. The SMILES string of the molecule is CC(C)N[C@@H]1CCOC1. The third-order valence-electron chi connectivity index (χ3n) is 1.50. The predicted octanol–water partition coefficient (Wildman–Crippen LogP) is 0.773. The van der Waals surface area contributed by atoms with Gasteiger partial charge in [0.05, 0.1) is 6.61 Å². The molecule has 0 aliphatic carbocycles. The number of hydrogen-bond acceptors (Lipinski definition) is 2. The summed E-state index contributed by atoms with van der Waals surface area (Å²) >= 11 is 0. The minimum atomic E-state index is 0.594. The van der Waals surface area contributed by atoms with Gasteiger partial charge in [-0.25, -0.2) is 0 Å². The number of rotatable bonds is 2.